The summed E-state index contributed by atoms with van der Waals surface area (Å²) >= 11 is 0. The molecular formula is C19H17Cl2N5O2. The van der Waals surface area contributed by atoms with Crippen molar-refractivity contribution in [3.05, 3.63) is 72.3 Å². The van der Waals surface area contributed by atoms with E-state index in [-0.39, 0.29) is 36.6 Å². The molecule has 4 aromatic rings. The van der Waals surface area contributed by atoms with Crippen molar-refractivity contribution in [3.63, 3.8) is 0 Å². The number of amides is 1. The Morgan fingerprint density at radius 3 is 2.57 bits per heavy atom. The van der Waals surface area contributed by atoms with E-state index in [0.717, 1.165) is 21.9 Å². The van der Waals surface area contributed by atoms with Crippen molar-refractivity contribution >= 4 is 53.1 Å². The highest BCUT2D eigenvalue weighted by atomic mass is 35.5. The van der Waals surface area contributed by atoms with E-state index < -0.39 is 0 Å². The van der Waals surface area contributed by atoms with E-state index in [2.05, 4.69) is 15.5 Å². The maximum atomic E-state index is 12.6. The molecule has 2 aromatic carbocycles. The number of furan rings is 1. The normalized spacial score (nSPS) is 10.0. The highest BCUT2D eigenvalue weighted by molar-refractivity contribution is 6.10. The second-order valence-electron chi connectivity index (χ2n) is 5.81. The minimum Gasteiger partial charge on any atom is -0.472 e. The largest absolute Gasteiger partial charge is 0.472 e. The second kappa shape index (κ2) is 8.60. The molecule has 0 aliphatic heterocycles. The molecule has 0 aliphatic carbocycles. The third-order valence-corrected chi connectivity index (χ3v) is 4.11. The lowest BCUT2D eigenvalue weighted by Gasteiger charge is -2.11. The van der Waals surface area contributed by atoms with Crippen LogP contribution in [0.2, 0.25) is 0 Å². The summed E-state index contributed by atoms with van der Waals surface area (Å²) in [6.45, 7) is 0. The number of nitrogens with two attached hydrogens (primary N) is 1. The number of carbonyl (C=O) groups excluding carboxylic acids is 1. The first-order valence-corrected chi connectivity index (χ1v) is 7.87. The number of hydrogen-bond acceptors (Lipinski definition) is 4. The number of rotatable bonds is 4. The molecule has 0 aliphatic rings. The summed E-state index contributed by atoms with van der Waals surface area (Å²) in [6, 6.07) is 12.6. The van der Waals surface area contributed by atoms with Crippen LogP contribution in [0, 0.1) is 5.41 Å². The van der Waals surface area contributed by atoms with Gasteiger partial charge in [-0.25, -0.2) is 0 Å². The van der Waals surface area contributed by atoms with Gasteiger partial charge in [-0.15, -0.1) is 24.8 Å². The molecule has 7 nitrogen and oxygen atoms in total. The van der Waals surface area contributed by atoms with Gasteiger partial charge in [0.05, 0.1) is 18.7 Å². The first-order valence-electron chi connectivity index (χ1n) is 7.87. The fourth-order valence-electron chi connectivity index (χ4n) is 2.83. The Morgan fingerprint density at radius 2 is 1.93 bits per heavy atom. The third kappa shape index (κ3) is 4.00. The van der Waals surface area contributed by atoms with Crippen molar-refractivity contribution in [2.24, 2.45) is 5.73 Å². The van der Waals surface area contributed by atoms with Crippen molar-refractivity contribution in [3.8, 4) is 11.1 Å². The van der Waals surface area contributed by atoms with Crippen LogP contribution in [0.25, 0.3) is 21.9 Å². The lowest BCUT2D eigenvalue weighted by Crippen LogP contribution is -2.13. The average molecular weight is 418 g/mol. The zero-order chi connectivity index (χ0) is 18.1. The Kier molecular flexibility index (Phi) is 6.45. The molecule has 0 unspecified atom stereocenters. The summed E-state index contributed by atoms with van der Waals surface area (Å²) in [5.74, 6) is 0.259. The van der Waals surface area contributed by atoms with Crippen LogP contribution in [0.15, 0.2) is 65.6 Å². The molecule has 0 spiro atoms. The molecule has 5 N–H and O–H groups in total. The Morgan fingerprint density at radius 1 is 1.11 bits per heavy atom. The van der Waals surface area contributed by atoms with Crippen LogP contribution in [0.3, 0.4) is 0 Å². The molecule has 2 aromatic heterocycles. The smallest absolute Gasteiger partial charge is 0.256 e. The quantitative estimate of drug-likeness (QED) is 0.293. The van der Waals surface area contributed by atoms with E-state index in [1.807, 2.05) is 18.2 Å². The third-order valence-electron chi connectivity index (χ3n) is 4.11. The van der Waals surface area contributed by atoms with E-state index in [9.17, 15) is 4.79 Å². The van der Waals surface area contributed by atoms with Gasteiger partial charge in [0.1, 0.15) is 11.7 Å². The van der Waals surface area contributed by atoms with Gasteiger partial charge in [0, 0.05) is 22.8 Å². The molecule has 0 saturated carbocycles. The minimum atomic E-state index is -0.253. The van der Waals surface area contributed by atoms with Crippen molar-refractivity contribution in [2.75, 3.05) is 5.32 Å². The van der Waals surface area contributed by atoms with Crippen molar-refractivity contribution < 1.29 is 9.21 Å². The number of nitrogens with zero attached hydrogens (tertiary/aromatic N) is 1. The summed E-state index contributed by atoms with van der Waals surface area (Å²) in [5.41, 5.74) is 8.41. The molecule has 0 atom stereocenters. The van der Waals surface area contributed by atoms with Gasteiger partial charge in [-0.3, -0.25) is 15.3 Å². The second-order valence-corrected chi connectivity index (χ2v) is 5.81. The van der Waals surface area contributed by atoms with E-state index >= 15 is 0 Å². The van der Waals surface area contributed by atoms with Crippen LogP contribution in [-0.4, -0.2) is 21.9 Å². The number of nitrogens with one attached hydrogen (secondary N) is 3. The molecule has 1 amide bonds. The molecular weight excluding hydrogens is 401 g/mol. The van der Waals surface area contributed by atoms with E-state index in [1.165, 1.54) is 0 Å². The molecule has 144 valence electrons. The zero-order valence-corrected chi connectivity index (χ0v) is 16.1. The lowest BCUT2D eigenvalue weighted by molar-refractivity contribution is 0.102. The number of amidine groups is 1. The van der Waals surface area contributed by atoms with Crippen LogP contribution < -0.4 is 11.1 Å². The Hall–Kier alpha value is -3.29. The fourth-order valence-corrected chi connectivity index (χ4v) is 2.83. The van der Waals surface area contributed by atoms with Gasteiger partial charge in [-0.2, -0.15) is 5.10 Å². The lowest BCUT2D eigenvalue weighted by atomic mass is 9.95. The first-order chi connectivity index (χ1) is 12.6. The highest BCUT2D eigenvalue weighted by Gasteiger charge is 2.14. The number of H-pyrrole nitrogens is 1. The highest BCUT2D eigenvalue weighted by Crippen LogP contribution is 2.31. The average Bonchev–Trinajstić information content (AvgIpc) is 3.34. The summed E-state index contributed by atoms with van der Waals surface area (Å²) < 4.78 is 5.20. The topological polar surface area (TPSA) is 121 Å². The molecule has 0 fully saturated rings. The van der Waals surface area contributed by atoms with Gasteiger partial charge >= 0.3 is 0 Å². The number of nitrogen functional groups attached to an aromatic ring is 1. The molecule has 0 saturated heterocycles. The monoisotopic (exact) mass is 417 g/mol. The number of hydrogen-bond donors (Lipinski definition) is 4. The number of fused-ring (bicyclic) bond motifs is 1. The van der Waals surface area contributed by atoms with Crippen LogP contribution >= 0.6 is 24.8 Å². The van der Waals surface area contributed by atoms with E-state index in [1.54, 1.807) is 43.0 Å². The first kappa shape index (κ1) is 21.0. The van der Waals surface area contributed by atoms with Crippen LogP contribution in [0.5, 0.6) is 0 Å². The molecule has 4 rings (SSSR count). The van der Waals surface area contributed by atoms with Gasteiger partial charge in [-0.05, 0) is 40.6 Å². The van der Waals surface area contributed by atoms with Crippen molar-refractivity contribution in [1.82, 2.24) is 10.2 Å². The predicted molar refractivity (Wildman–Crippen MR) is 114 cm³/mol. The number of aromatic amines is 1. The standard InChI is InChI=1S/C19H15N5O2.2ClH/c20-18(21)12-2-1-11-7-14(19(25)23-17-3-5-22-24-17)9-16(15(11)8-12)13-4-6-26-10-13;;/h1-10H,(H3,20,21)(H2,22,23,24,25);2*1H. The van der Waals surface area contributed by atoms with Gasteiger partial charge in [0.2, 0.25) is 0 Å². The summed E-state index contributed by atoms with van der Waals surface area (Å²) in [5, 5.41) is 18.7. The maximum absolute atomic E-state index is 12.6. The Balaban J connectivity index is 0.00000140. The van der Waals surface area contributed by atoms with E-state index in [0.29, 0.717) is 16.9 Å². The molecule has 28 heavy (non-hydrogen) atoms. The Labute approximate surface area is 172 Å². The summed E-state index contributed by atoms with van der Waals surface area (Å²) in [7, 11) is 0. The van der Waals surface area contributed by atoms with Crippen LogP contribution in [-0.2, 0) is 0 Å². The predicted octanol–water partition coefficient (Wildman–Crippen LogP) is 4.20. The SMILES string of the molecule is Cl.Cl.N=C(N)c1ccc2cc(C(=O)Nc3ccn[nH]3)cc(-c3ccoc3)c2c1. The number of anilines is 1. The van der Waals surface area contributed by atoms with Gasteiger partial charge in [-0.1, -0.05) is 12.1 Å². The zero-order valence-electron chi connectivity index (χ0n) is 14.4. The number of carbonyl (C=O) groups is 1. The van der Waals surface area contributed by atoms with Crippen molar-refractivity contribution in [2.45, 2.75) is 0 Å². The fraction of sp³-hybridized carbons (Fsp3) is 0. The Bertz CT molecular complexity index is 1110. The van der Waals surface area contributed by atoms with Gasteiger partial charge in [0.15, 0.2) is 0 Å². The van der Waals surface area contributed by atoms with Crippen LogP contribution in [0.4, 0.5) is 5.82 Å². The van der Waals surface area contributed by atoms with Gasteiger partial charge < -0.3 is 15.5 Å². The number of aromatic nitrogens is 2. The summed E-state index contributed by atoms with van der Waals surface area (Å²) in [4.78, 5) is 12.6. The van der Waals surface area contributed by atoms with Crippen molar-refractivity contribution in [1.29, 1.82) is 5.41 Å². The number of benzene rings is 2. The number of halogens is 2. The van der Waals surface area contributed by atoms with Gasteiger partial charge in [0.25, 0.3) is 5.91 Å². The maximum Gasteiger partial charge on any atom is 0.256 e. The minimum absolute atomic E-state index is 0. The molecule has 2 heterocycles. The van der Waals surface area contributed by atoms with Crippen LogP contribution in [0.1, 0.15) is 15.9 Å². The molecule has 0 bridgehead atoms. The molecule has 0 radical (unpaired) electrons. The summed E-state index contributed by atoms with van der Waals surface area (Å²) in [6.07, 6.45) is 4.76. The van der Waals surface area contributed by atoms with E-state index in [4.69, 9.17) is 15.6 Å². The molecule has 9 heteroatoms.